The second-order valence-electron chi connectivity index (χ2n) is 9.91. The first-order chi connectivity index (χ1) is 18.0. The lowest BCUT2D eigenvalue weighted by Gasteiger charge is -2.34. The first-order valence-corrected chi connectivity index (χ1v) is 14.4. The van der Waals surface area contributed by atoms with Crippen LogP contribution in [0.15, 0.2) is 35.0 Å². The molecule has 3 N–H and O–H groups in total. The highest BCUT2D eigenvalue weighted by Gasteiger charge is 2.39. The number of thioether (sulfide) groups is 1. The molecule has 3 heterocycles. The zero-order valence-electron chi connectivity index (χ0n) is 22.3. The third kappa shape index (κ3) is 7.19. The van der Waals surface area contributed by atoms with Gasteiger partial charge < -0.3 is 30.5 Å². The molecule has 4 rings (SSSR count). The number of ether oxygens (including phenoxy) is 1. The number of likely N-dealkylation sites (tertiary alicyclic amines) is 1. The lowest BCUT2D eigenvalue weighted by molar-refractivity contribution is -0.129. The molecular weight excluding hydrogens is 488 g/mol. The molecule has 0 spiro atoms. The van der Waals surface area contributed by atoms with Gasteiger partial charge in [-0.15, -0.1) is 0 Å². The number of amides is 2. The summed E-state index contributed by atoms with van der Waals surface area (Å²) in [5.74, 6) is -0.185. The molecule has 204 valence electrons. The van der Waals surface area contributed by atoms with Crippen LogP contribution in [0, 0.1) is 0 Å². The van der Waals surface area contributed by atoms with Crippen molar-refractivity contribution in [2.75, 3.05) is 84.5 Å². The number of nitrogens with one attached hydrogen (secondary N) is 1. The molecule has 37 heavy (non-hydrogen) atoms. The van der Waals surface area contributed by atoms with Crippen molar-refractivity contribution in [2.24, 2.45) is 5.73 Å². The molecule has 3 fully saturated rings. The van der Waals surface area contributed by atoms with E-state index in [0.717, 1.165) is 38.3 Å². The molecule has 3 aliphatic heterocycles. The van der Waals surface area contributed by atoms with E-state index >= 15 is 0 Å². The standard InChI is InChI=1S/C27H42N6O3S/c1-3-33-25(34)23(20-29-22-8-6-21(7-9-22)10-13-30-11-4-5-12-30)37-27(33)24(28)26(35)32-16-14-31(15-17-32)18-19-36-2/h6-9,23,29H,3-5,10-20,28H2,1-2H3/b27-24+/t23-/m1/s1. The summed E-state index contributed by atoms with van der Waals surface area (Å²) < 4.78 is 5.15. The maximum atomic E-state index is 13.2. The van der Waals surface area contributed by atoms with Crippen molar-refractivity contribution in [2.45, 2.75) is 31.4 Å². The van der Waals surface area contributed by atoms with Gasteiger partial charge in [0.1, 0.15) is 16.0 Å². The Morgan fingerprint density at radius 3 is 2.38 bits per heavy atom. The summed E-state index contributed by atoms with van der Waals surface area (Å²) in [6.45, 7) is 10.8. The van der Waals surface area contributed by atoms with Gasteiger partial charge in [0.15, 0.2) is 0 Å². The summed E-state index contributed by atoms with van der Waals surface area (Å²) in [7, 11) is 1.70. The van der Waals surface area contributed by atoms with E-state index in [1.165, 1.54) is 43.3 Å². The summed E-state index contributed by atoms with van der Waals surface area (Å²) in [6.07, 6.45) is 3.70. The van der Waals surface area contributed by atoms with Gasteiger partial charge in [0.2, 0.25) is 5.91 Å². The fourth-order valence-electron chi connectivity index (χ4n) is 5.11. The highest BCUT2D eigenvalue weighted by atomic mass is 32.2. The maximum absolute atomic E-state index is 13.2. The van der Waals surface area contributed by atoms with Gasteiger partial charge in [-0.3, -0.25) is 14.5 Å². The van der Waals surface area contributed by atoms with Crippen LogP contribution in [0.1, 0.15) is 25.3 Å². The third-order valence-electron chi connectivity index (χ3n) is 7.45. The fourth-order valence-corrected chi connectivity index (χ4v) is 6.33. The van der Waals surface area contributed by atoms with Crippen molar-refractivity contribution < 1.29 is 14.3 Å². The lowest BCUT2D eigenvalue weighted by atomic mass is 10.1. The molecule has 0 radical (unpaired) electrons. The predicted octanol–water partition coefficient (Wildman–Crippen LogP) is 1.62. The number of carbonyl (C=O) groups is 2. The molecule has 10 heteroatoms. The van der Waals surface area contributed by atoms with Crippen LogP contribution in [0.4, 0.5) is 5.69 Å². The number of anilines is 1. The van der Waals surface area contributed by atoms with Crippen molar-refractivity contribution in [3.8, 4) is 0 Å². The molecule has 1 aromatic carbocycles. The second kappa shape index (κ2) is 13.5. The summed E-state index contributed by atoms with van der Waals surface area (Å²) in [4.78, 5) is 34.5. The average Bonchev–Trinajstić information content (AvgIpc) is 3.57. The van der Waals surface area contributed by atoms with Crippen LogP contribution in [0.5, 0.6) is 0 Å². The Kier molecular flexibility index (Phi) is 10.1. The number of nitrogens with two attached hydrogens (primary N) is 1. The van der Waals surface area contributed by atoms with Crippen LogP contribution in [0.2, 0.25) is 0 Å². The Balaban J connectivity index is 1.30. The molecule has 2 amide bonds. The molecular formula is C27H42N6O3S. The number of piperazine rings is 1. The largest absolute Gasteiger partial charge is 0.392 e. The van der Waals surface area contributed by atoms with Crippen molar-refractivity contribution >= 4 is 29.3 Å². The van der Waals surface area contributed by atoms with Crippen LogP contribution in [-0.4, -0.2) is 116 Å². The summed E-state index contributed by atoms with van der Waals surface area (Å²) in [5, 5.41) is 3.68. The zero-order valence-corrected chi connectivity index (χ0v) is 23.1. The van der Waals surface area contributed by atoms with E-state index in [0.29, 0.717) is 37.8 Å². The SMILES string of the molecule is CCN1C(=O)[C@@H](CNc2ccc(CCN3CCCC3)cc2)S/C1=C(/N)C(=O)N1CCN(CCOC)CC1. The number of carbonyl (C=O) groups excluding carboxylic acids is 2. The van der Waals surface area contributed by atoms with Crippen molar-refractivity contribution in [1.82, 2.24) is 19.6 Å². The Hall–Kier alpha value is -2.27. The van der Waals surface area contributed by atoms with Gasteiger partial charge in [-0.2, -0.15) is 0 Å². The van der Waals surface area contributed by atoms with E-state index in [4.69, 9.17) is 10.5 Å². The van der Waals surface area contributed by atoms with Gasteiger partial charge in [-0.05, 0) is 57.0 Å². The Labute approximate surface area is 225 Å². The number of benzene rings is 1. The van der Waals surface area contributed by atoms with Crippen molar-refractivity contribution in [1.29, 1.82) is 0 Å². The number of hydrogen-bond acceptors (Lipinski definition) is 8. The van der Waals surface area contributed by atoms with E-state index in [1.54, 1.807) is 16.9 Å². The van der Waals surface area contributed by atoms with Crippen molar-refractivity contribution in [3.05, 3.63) is 40.6 Å². The molecule has 1 aromatic rings. The van der Waals surface area contributed by atoms with E-state index < -0.39 is 0 Å². The lowest BCUT2D eigenvalue weighted by Crippen LogP contribution is -2.50. The minimum atomic E-state index is -0.318. The Morgan fingerprint density at radius 1 is 1.05 bits per heavy atom. The van der Waals surface area contributed by atoms with Crippen LogP contribution in [0.25, 0.3) is 0 Å². The first-order valence-electron chi connectivity index (χ1n) is 13.5. The van der Waals surface area contributed by atoms with Gasteiger partial charge in [-0.25, -0.2) is 0 Å². The van der Waals surface area contributed by atoms with Crippen LogP contribution >= 0.6 is 11.8 Å². The van der Waals surface area contributed by atoms with E-state index in [9.17, 15) is 9.59 Å². The Morgan fingerprint density at radius 2 is 1.73 bits per heavy atom. The molecule has 3 saturated heterocycles. The van der Waals surface area contributed by atoms with Crippen LogP contribution in [0.3, 0.4) is 0 Å². The minimum absolute atomic E-state index is 0.00244. The van der Waals surface area contributed by atoms with Gasteiger partial charge in [0.25, 0.3) is 5.91 Å². The number of hydrogen-bond donors (Lipinski definition) is 2. The normalized spacial score (nSPS) is 22.6. The third-order valence-corrected chi connectivity index (χ3v) is 8.77. The van der Waals surface area contributed by atoms with E-state index in [1.807, 2.05) is 6.92 Å². The summed E-state index contributed by atoms with van der Waals surface area (Å²) in [5.41, 5.74) is 8.87. The summed E-state index contributed by atoms with van der Waals surface area (Å²) >= 11 is 1.40. The molecule has 9 nitrogen and oxygen atoms in total. The molecule has 0 aliphatic carbocycles. The summed E-state index contributed by atoms with van der Waals surface area (Å²) in [6, 6.07) is 8.50. The first kappa shape index (κ1) is 27.8. The number of methoxy groups -OCH3 is 1. The maximum Gasteiger partial charge on any atom is 0.272 e. The average molecular weight is 531 g/mol. The monoisotopic (exact) mass is 530 g/mol. The van der Waals surface area contributed by atoms with E-state index in [2.05, 4.69) is 39.4 Å². The molecule has 3 aliphatic rings. The van der Waals surface area contributed by atoms with Gasteiger partial charge in [0, 0.05) is 65.2 Å². The number of nitrogens with zero attached hydrogens (tertiary/aromatic N) is 4. The van der Waals surface area contributed by atoms with Crippen LogP contribution in [-0.2, 0) is 20.7 Å². The highest BCUT2D eigenvalue weighted by Crippen LogP contribution is 2.36. The highest BCUT2D eigenvalue weighted by molar-refractivity contribution is 8.04. The number of rotatable bonds is 11. The molecule has 0 bridgehead atoms. The van der Waals surface area contributed by atoms with Gasteiger partial charge in [0.05, 0.1) is 6.61 Å². The topological polar surface area (TPSA) is 94.4 Å². The second-order valence-corrected chi connectivity index (χ2v) is 11.1. The predicted molar refractivity (Wildman–Crippen MR) is 149 cm³/mol. The minimum Gasteiger partial charge on any atom is -0.392 e. The Bertz CT molecular complexity index is 942. The van der Waals surface area contributed by atoms with Gasteiger partial charge >= 0.3 is 0 Å². The molecule has 1 atom stereocenters. The van der Waals surface area contributed by atoms with Gasteiger partial charge in [-0.1, -0.05) is 23.9 Å². The zero-order chi connectivity index (χ0) is 26.2. The fraction of sp³-hybridized carbons (Fsp3) is 0.630. The molecule has 0 aromatic heterocycles. The molecule has 0 unspecified atom stereocenters. The quantitative estimate of drug-likeness (QED) is 0.417. The smallest absolute Gasteiger partial charge is 0.272 e. The van der Waals surface area contributed by atoms with Crippen LogP contribution < -0.4 is 11.1 Å². The van der Waals surface area contributed by atoms with E-state index in [-0.39, 0.29) is 22.8 Å². The molecule has 0 saturated carbocycles. The van der Waals surface area contributed by atoms with Crippen molar-refractivity contribution in [3.63, 3.8) is 0 Å².